The van der Waals surface area contributed by atoms with Crippen LogP contribution in [-0.2, 0) is 0 Å². The number of nitrogens with one attached hydrogen (secondary N) is 1. The lowest BCUT2D eigenvalue weighted by Gasteiger charge is -2.40. The van der Waals surface area contributed by atoms with Gasteiger partial charge in [-0.05, 0) is 32.2 Å². The lowest BCUT2D eigenvalue weighted by atomic mass is 9.93. The number of carbonyl (C=O) groups excluding carboxylic acids is 1. The summed E-state index contributed by atoms with van der Waals surface area (Å²) in [6, 6.07) is 0.780. The third-order valence-electron chi connectivity index (χ3n) is 4.16. The molecular formula is C14H20N4O. The van der Waals surface area contributed by atoms with Gasteiger partial charge >= 0.3 is 0 Å². The summed E-state index contributed by atoms with van der Waals surface area (Å²) in [5.74, 6) is 0.0338. The van der Waals surface area contributed by atoms with Gasteiger partial charge in [-0.25, -0.2) is 4.98 Å². The van der Waals surface area contributed by atoms with E-state index >= 15 is 0 Å². The van der Waals surface area contributed by atoms with Gasteiger partial charge in [-0.15, -0.1) is 0 Å². The van der Waals surface area contributed by atoms with Gasteiger partial charge in [0, 0.05) is 31.0 Å². The van der Waals surface area contributed by atoms with Crippen LogP contribution in [0.2, 0.25) is 0 Å². The van der Waals surface area contributed by atoms with Crippen LogP contribution in [0.15, 0.2) is 18.6 Å². The van der Waals surface area contributed by atoms with Crippen LogP contribution in [0.4, 0.5) is 0 Å². The molecule has 0 spiro atoms. The fraction of sp³-hybridized carbons (Fsp3) is 0.643. The van der Waals surface area contributed by atoms with E-state index in [0.29, 0.717) is 17.8 Å². The van der Waals surface area contributed by atoms with E-state index in [9.17, 15) is 4.79 Å². The SMILES string of the molecule is O=C(c1cnccn1)N1CCC[C@H]2NCCCC[C@@H]21. The van der Waals surface area contributed by atoms with E-state index in [4.69, 9.17) is 0 Å². The number of hydrogen-bond acceptors (Lipinski definition) is 4. The monoisotopic (exact) mass is 260 g/mol. The summed E-state index contributed by atoms with van der Waals surface area (Å²) in [4.78, 5) is 22.7. The zero-order valence-corrected chi connectivity index (χ0v) is 11.1. The second-order valence-corrected chi connectivity index (χ2v) is 5.36. The number of carbonyl (C=O) groups is 1. The van der Waals surface area contributed by atoms with Crippen LogP contribution < -0.4 is 5.32 Å². The fourth-order valence-electron chi connectivity index (χ4n) is 3.23. The van der Waals surface area contributed by atoms with Crippen molar-refractivity contribution in [3.63, 3.8) is 0 Å². The van der Waals surface area contributed by atoms with Crippen LogP contribution in [-0.4, -0.2) is 45.9 Å². The highest BCUT2D eigenvalue weighted by atomic mass is 16.2. The number of piperidine rings is 1. The Bertz CT molecular complexity index is 436. The topological polar surface area (TPSA) is 58.1 Å². The van der Waals surface area contributed by atoms with Crippen molar-refractivity contribution < 1.29 is 4.79 Å². The van der Waals surface area contributed by atoms with Gasteiger partial charge in [-0.2, -0.15) is 0 Å². The van der Waals surface area contributed by atoms with Gasteiger partial charge in [0.25, 0.3) is 5.91 Å². The number of aromatic nitrogens is 2. The molecule has 5 nitrogen and oxygen atoms in total. The molecule has 2 aliphatic rings. The van der Waals surface area contributed by atoms with Crippen LogP contribution in [0.3, 0.4) is 0 Å². The molecule has 2 atom stereocenters. The van der Waals surface area contributed by atoms with E-state index in [1.54, 1.807) is 18.6 Å². The van der Waals surface area contributed by atoms with Gasteiger partial charge in [-0.3, -0.25) is 9.78 Å². The second kappa shape index (κ2) is 5.65. The Morgan fingerprint density at radius 1 is 1.26 bits per heavy atom. The van der Waals surface area contributed by atoms with Crippen LogP contribution in [0.1, 0.15) is 42.6 Å². The zero-order chi connectivity index (χ0) is 13.1. The van der Waals surface area contributed by atoms with E-state index in [2.05, 4.69) is 15.3 Å². The molecule has 2 saturated heterocycles. The zero-order valence-electron chi connectivity index (χ0n) is 11.1. The number of hydrogen-bond donors (Lipinski definition) is 1. The molecule has 3 heterocycles. The van der Waals surface area contributed by atoms with Crippen molar-refractivity contribution in [1.29, 1.82) is 0 Å². The van der Waals surface area contributed by atoms with E-state index in [-0.39, 0.29) is 5.91 Å². The van der Waals surface area contributed by atoms with Gasteiger partial charge in [0.1, 0.15) is 5.69 Å². The average Bonchev–Trinajstić information content (AvgIpc) is 2.72. The molecule has 5 heteroatoms. The molecule has 0 radical (unpaired) electrons. The molecule has 0 bridgehead atoms. The summed E-state index contributed by atoms with van der Waals surface area (Å²) < 4.78 is 0. The molecular weight excluding hydrogens is 240 g/mol. The lowest BCUT2D eigenvalue weighted by molar-refractivity contribution is 0.0540. The summed E-state index contributed by atoms with van der Waals surface area (Å²) in [7, 11) is 0. The molecule has 0 aliphatic carbocycles. The molecule has 3 rings (SSSR count). The fourth-order valence-corrected chi connectivity index (χ4v) is 3.23. The second-order valence-electron chi connectivity index (χ2n) is 5.36. The molecule has 0 aromatic carbocycles. The van der Waals surface area contributed by atoms with Gasteiger partial charge < -0.3 is 10.2 Å². The minimum absolute atomic E-state index is 0.0338. The first-order valence-corrected chi connectivity index (χ1v) is 7.16. The Morgan fingerprint density at radius 3 is 3.05 bits per heavy atom. The summed E-state index contributed by atoms with van der Waals surface area (Å²) in [5, 5.41) is 3.59. The Balaban J connectivity index is 1.80. The quantitative estimate of drug-likeness (QED) is 0.825. The van der Waals surface area contributed by atoms with Crippen LogP contribution in [0.5, 0.6) is 0 Å². The summed E-state index contributed by atoms with van der Waals surface area (Å²) in [6.45, 7) is 1.92. The predicted molar refractivity (Wildman–Crippen MR) is 71.7 cm³/mol. The number of fused-ring (bicyclic) bond motifs is 1. The summed E-state index contributed by atoms with van der Waals surface area (Å²) >= 11 is 0. The maximum atomic E-state index is 12.6. The van der Waals surface area contributed by atoms with Crippen molar-refractivity contribution in [1.82, 2.24) is 20.2 Å². The average molecular weight is 260 g/mol. The smallest absolute Gasteiger partial charge is 0.274 e. The van der Waals surface area contributed by atoms with E-state index < -0.39 is 0 Å². The molecule has 1 aromatic heterocycles. The summed E-state index contributed by atoms with van der Waals surface area (Å²) in [5.41, 5.74) is 0.465. The molecule has 2 aliphatic heterocycles. The van der Waals surface area contributed by atoms with E-state index in [1.165, 1.54) is 19.3 Å². The van der Waals surface area contributed by atoms with Crippen LogP contribution in [0.25, 0.3) is 0 Å². The van der Waals surface area contributed by atoms with E-state index in [0.717, 1.165) is 25.9 Å². The van der Waals surface area contributed by atoms with Crippen molar-refractivity contribution in [2.45, 2.75) is 44.2 Å². The molecule has 19 heavy (non-hydrogen) atoms. The minimum Gasteiger partial charge on any atom is -0.333 e. The molecule has 1 aromatic rings. The highest BCUT2D eigenvalue weighted by Crippen LogP contribution is 2.25. The molecule has 1 N–H and O–H groups in total. The molecule has 2 fully saturated rings. The Morgan fingerprint density at radius 2 is 2.21 bits per heavy atom. The van der Waals surface area contributed by atoms with Gasteiger partial charge in [0.2, 0.25) is 0 Å². The van der Waals surface area contributed by atoms with Crippen LogP contribution >= 0.6 is 0 Å². The largest absolute Gasteiger partial charge is 0.333 e. The first-order chi connectivity index (χ1) is 9.36. The standard InChI is InChI=1S/C14H20N4O/c19-14(12-10-15-7-8-17-12)18-9-3-4-11-13(18)5-1-2-6-16-11/h7-8,10-11,13,16H,1-6,9H2/t11-,13+/m1/s1. The Labute approximate surface area is 113 Å². The predicted octanol–water partition coefficient (Wildman–Crippen LogP) is 1.22. The maximum absolute atomic E-state index is 12.6. The Kier molecular flexibility index (Phi) is 3.73. The van der Waals surface area contributed by atoms with Gasteiger partial charge in [-0.1, -0.05) is 6.42 Å². The number of nitrogens with zero attached hydrogens (tertiary/aromatic N) is 3. The normalized spacial score (nSPS) is 27.5. The first-order valence-electron chi connectivity index (χ1n) is 7.16. The highest BCUT2D eigenvalue weighted by Gasteiger charge is 2.35. The van der Waals surface area contributed by atoms with Crippen molar-refractivity contribution in [2.24, 2.45) is 0 Å². The molecule has 1 amide bonds. The minimum atomic E-state index is 0.0338. The number of amides is 1. The third kappa shape index (κ3) is 2.61. The number of rotatable bonds is 1. The maximum Gasteiger partial charge on any atom is 0.274 e. The molecule has 102 valence electrons. The highest BCUT2D eigenvalue weighted by molar-refractivity contribution is 5.92. The van der Waals surface area contributed by atoms with Crippen molar-refractivity contribution in [2.75, 3.05) is 13.1 Å². The van der Waals surface area contributed by atoms with Gasteiger partial charge in [0.15, 0.2) is 0 Å². The lowest BCUT2D eigenvalue weighted by Crippen LogP contribution is -2.55. The van der Waals surface area contributed by atoms with Crippen molar-refractivity contribution in [3.05, 3.63) is 24.3 Å². The Hall–Kier alpha value is -1.49. The van der Waals surface area contributed by atoms with Crippen molar-refractivity contribution >= 4 is 5.91 Å². The third-order valence-corrected chi connectivity index (χ3v) is 4.16. The van der Waals surface area contributed by atoms with E-state index in [1.807, 2.05) is 4.90 Å². The van der Waals surface area contributed by atoms with Crippen LogP contribution in [0, 0.1) is 0 Å². The van der Waals surface area contributed by atoms with Gasteiger partial charge in [0.05, 0.1) is 6.20 Å². The summed E-state index contributed by atoms with van der Waals surface area (Å²) in [6.07, 6.45) is 10.5. The number of likely N-dealkylation sites (tertiary alicyclic amines) is 1. The molecule has 0 saturated carbocycles. The first kappa shape index (κ1) is 12.5. The molecule has 0 unspecified atom stereocenters. The van der Waals surface area contributed by atoms with Crippen molar-refractivity contribution in [3.8, 4) is 0 Å².